The summed E-state index contributed by atoms with van der Waals surface area (Å²) < 4.78 is 24.2. The maximum Gasteiger partial charge on any atom is 0.339 e. The predicted molar refractivity (Wildman–Crippen MR) is 234 cm³/mol. The molecule has 2 aromatic rings. The number of aromatic hydroxyl groups is 2. The normalized spacial score (nSPS) is 20.1. The molecule has 4 aliphatic heterocycles. The zero-order valence-electron chi connectivity index (χ0n) is 38.1. The first-order valence-electron chi connectivity index (χ1n) is 22.7. The molecule has 0 bridgehead atoms. The number of hydrogen-bond donors (Lipinski definition) is 4. The minimum Gasteiger partial charge on any atom is -0.508 e. The van der Waals surface area contributed by atoms with Crippen molar-refractivity contribution in [2.45, 2.75) is 129 Å². The molecule has 342 valence electrons. The average Bonchev–Trinajstić information content (AvgIpc) is 3.23. The molecule has 0 unspecified atom stereocenters. The third-order valence-corrected chi connectivity index (χ3v) is 14.2. The zero-order chi connectivity index (χ0) is 45.0. The Morgan fingerprint density at radius 1 is 0.468 bits per heavy atom. The standard InChI is InChI=1S/C48H70N4O10/c1-45(2,33-11-19-49-20-12-33)59-41(55)31-27-32(29-38(54)28-31)42(56)60-47(5,6)35-15-23-51(24-16-35)52-25-17-36(18-26-52)48(7,8)61-43(57)39-10-9-37(53)30-40(39)44(58)62-46(3,4)34-13-21-50-22-14-34/h9-10,27-30,33-36,49-50,53-54H,11-26H2,1-8H3. The number of esters is 4. The molecule has 4 heterocycles. The van der Waals surface area contributed by atoms with E-state index >= 15 is 0 Å². The number of carbonyl (C=O) groups is 4. The van der Waals surface area contributed by atoms with Crippen LogP contribution in [0.25, 0.3) is 0 Å². The summed E-state index contributed by atoms with van der Waals surface area (Å²) >= 11 is 0. The van der Waals surface area contributed by atoms with Crippen LogP contribution in [0, 0.1) is 23.7 Å². The first-order chi connectivity index (χ1) is 29.1. The maximum atomic E-state index is 13.7. The van der Waals surface area contributed by atoms with Crippen LogP contribution < -0.4 is 10.6 Å². The molecule has 14 heteroatoms. The molecular weight excluding hydrogens is 793 g/mol. The molecule has 4 saturated heterocycles. The molecule has 4 N–H and O–H groups in total. The number of phenols is 2. The molecule has 0 amide bonds. The highest BCUT2D eigenvalue weighted by atomic mass is 16.6. The number of hydrazine groups is 1. The van der Waals surface area contributed by atoms with Crippen LogP contribution in [-0.4, -0.2) is 119 Å². The Bertz CT molecular complexity index is 1920. The molecular formula is C48H70N4O10. The van der Waals surface area contributed by atoms with Crippen LogP contribution in [0.3, 0.4) is 0 Å². The van der Waals surface area contributed by atoms with E-state index in [9.17, 15) is 29.4 Å². The van der Waals surface area contributed by atoms with Gasteiger partial charge in [0.15, 0.2) is 0 Å². The summed E-state index contributed by atoms with van der Waals surface area (Å²) in [6.45, 7) is 21.9. The van der Waals surface area contributed by atoms with Gasteiger partial charge in [0.2, 0.25) is 0 Å². The molecule has 62 heavy (non-hydrogen) atoms. The number of phenolic OH excluding ortho intramolecular Hbond substituents is 2. The van der Waals surface area contributed by atoms with E-state index in [0.717, 1.165) is 104 Å². The van der Waals surface area contributed by atoms with Gasteiger partial charge >= 0.3 is 23.9 Å². The minimum absolute atomic E-state index is 0.0121. The van der Waals surface area contributed by atoms with Gasteiger partial charge in [-0.25, -0.2) is 29.2 Å². The summed E-state index contributed by atoms with van der Waals surface area (Å²) in [7, 11) is 0. The molecule has 0 atom stereocenters. The fourth-order valence-corrected chi connectivity index (χ4v) is 9.96. The van der Waals surface area contributed by atoms with Gasteiger partial charge in [0.1, 0.15) is 33.9 Å². The smallest absolute Gasteiger partial charge is 0.339 e. The summed E-state index contributed by atoms with van der Waals surface area (Å²) in [6, 6.07) is 8.16. The van der Waals surface area contributed by atoms with Crippen molar-refractivity contribution < 1.29 is 48.3 Å². The monoisotopic (exact) mass is 863 g/mol. The number of nitrogens with one attached hydrogen (secondary N) is 2. The fraction of sp³-hybridized carbons (Fsp3) is 0.667. The second-order valence-corrected chi connectivity index (χ2v) is 20.0. The Kier molecular flexibility index (Phi) is 14.7. The fourth-order valence-electron chi connectivity index (χ4n) is 9.96. The van der Waals surface area contributed by atoms with Gasteiger partial charge in [-0.15, -0.1) is 0 Å². The summed E-state index contributed by atoms with van der Waals surface area (Å²) in [5.74, 6) is -2.31. The van der Waals surface area contributed by atoms with Crippen molar-refractivity contribution >= 4 is 23.9 Å². The van der Waals surface area contributed by atoms with Crippen molar-refractivity contribution in [2.24, 2.45) is 23.7 Å². The Hall–Kier alpha value is -4.24. The molecule has 4 fully saturated rings. The quantitative estimate of drug-likeness (QED) is 0.121. The van der Waals surface area contributed by atoms with E-state index in [0.29, 0.717) is 0 Å². The molecule has 0 aromatic heterocycles. The van der Waals surface area contributed by atoms with Gasteiger partial charge < -0.3 is 39.8 Å². The number of benzene rings is 2. The van der Waals surface area contributed by atoms with Gasteiger partial charge in [-0.1, -0.05) is 0 Å². The second kappa shape index (κ2) is 19.2. The molecule has 0 aliphatic carbocycles. The lowest BCUT2D eigenvalue weighted by Gasteiger charge is -2.47. The highest BCUT2D eigenvalue weighted by Crippen LogP contribution is 2.37. The summed E-state index contributed by atoms with van der Waals surface area (Å²) in [4.78, 5) is 54.0. The van der Waals surface area contributed by atoms with Crippen LogP contribution in [0.5, 0.6) is 11.5 Å². The Labute approximate surface area is 367 Å². The molecule has 2 aromatic carbocycles. The summed E-state index contributed by atoms with van der Waals surface area (Å²) in [6.07, 6.45) is 6.75. The van der Waals surface area contributed by atoms with Crippen LogP contribution >= 0.6 is 0 Å². The lowest BCUT2D eigenvalue weighted by molar-refractivity contribution is -0.113. The van der Waals surface area contributed by atoms with Crippen LogP contribution in [0.1, 0.15) is 148 Å². The van der Waals surface area contributed by atoms with Crippen LogP contribution in [0.2, 0.25) is 0 Å². The van der Waals surface area contributed by atoms with Crippen molar-refractivity contribution in [3.63, 3.8) is 0 Å². The number of rotatable bonds is 13. The lowest BCUT2D eigenvalue weighted by atomic mass is 9.82. The predicted octanol–water partition coefficient (Wildman–Crippen LogP) is 6.88. The molecule has 6 rings (SSSR count). The molecule has 14 nitrogen and oxygen atoms in total. The Balaban J connectivity index is 0.986. The van der Waals surface area contributed by atoms with Crippen molar-refractivity contribution in [1.29, 1.82) is 0 Å². The van der Waals surface area contributed by atoms with E-state index in [1.54, 1.807) is 0 Å². The molecule has 4 aliphatic rings. The summed E-state index contributed by atoms with van der Waals surface area (Å²) in [5.41, 5.74) is -2.82. The minimum atomic E-state index is -0.822. The largest absolute Gasteiger partial charge is 0.508 e. The SMILES string of the molecule is CC(C)(OC(=O)c1cc(O)cc(C(=O)OC(C)(C)C2CCN(N3CCC(C(C)(C)OC(=O)c4ccc(O)cc4C(=O)OC(C)(C)C4CCNCC4)CC3)CC2)c1)C1CCNCC1. The topological polar surface area (TPSA) is 176 Å². The van der Waals surface area contributed by atoms with Gasteiger partial charge in [-0.05, 0) is 169 Å². The maximum absolute atomic E-state index is 13.7. The molecule has 0 radical (unpaired) electrons. The Morgan fingerprint density at radius 3 is 1.19 bits per heavy atom. The van der Waals surface area contributed by atoms with Gasteiger partial charge in [0, 0.05) is 49.9 Å². The second-order valence-electron chi connectivity index (χ2n) is 20.0. The highest BCUT2D eigenvalue weighted by molar-refractivity contribution is 6.03. The number of carbonyl (C=O) groups excluding carboxylic acids is 4. The first kappa shape index (κ1) is 47.2. The third-order valence-electron chi connectivity index (χ3n) is 14.2. The number of piperidine rings is 4. The number of ether oxygens (including phenoxy) is 4. The van der Waals surface area contributed by atoms with E-state index in [2.05, 4.69) is 20.7 Å². The van der Waals surface area contributed by atoms with Gasteiger partial charge in [-0.2, -0.15) is 0 Å². The Morgan fingerprint density at radius 2 is 0.806 bits per heavy atom. The first-order valence-corrected chi connectivity index (χ1v) is 22.7. The summed E-state index contributed by atoms with van der Waals surface area (Å²) in [5, 5.41) is 32.2. The average molecular weight is 863 g/mol. The lowest BCUT2D eigenvalue weighted by Crippen LogP contribution is -2.54. The van der Waals surface area contributed by atoms with E-state index < -0.39 is 46.3 Å². The van der Waals surface area contributed by atoms with Gasteiger partial charge in [-0.3, -0.25) is 0 Å². The van der Waals surface area contributed by atoms with E-state index in [-0.39, 0.29) is 57.4 Å². The van der Waals surface area contributed by atoms with Crippen molar-refractivity contribution in [3.8, 4) is 11.5 Å². The highest BCUT2D eigenvalue weighted by Gasteiger charge is 2.42. The van der Waals surface area contributed by atoms with Crippen molar-refractivity contribution in [2.75, 3.05) is 52.4 Å². The van der Waals surface area contributed by atoms with E-state index in [1.165, 1.54) is 36.4 Å². The van der Waals surface area contributed by atoms with Crippen LogP contribution in [0.4, 0.5) is 0 Å². The van der Waals surface area contributed by atoms with Gasteiger partial charge in [0.05, 0.1) is 22.3 Å². The number of nitrogens with zero attached hydrogens (tertiary/aromatic N) is 2. The molecule has 0 spiro atoms. The van der Waals surface area contributed by atoms with Gasteiger partial charge in [0.25, 0.3) is 0 Å². The van der Waals surface area contributed by atoms with Crippen molar-refractivity contribution in [3.05, 3.63) is 58.7 Å². The van der Waals surface area contributed by atoms with E-state index in [1.807, 2.05) is 55.4 Å². The molecule has 0 saturated carbocycles. The van der Waals surface area contributed by atoms with E-state index in [4.69, 9.17) is 18.9 Å². The van der Waals surface area contributed by atoms with Crippen LogP contribution in [-0.2, 0) is 18.9 Å². The third kappa shape index (κ3) is 11.5. The van der Waals surface area contributed by atoms with Crippen LogP contribution in [0.15, 0.2) is 36.4 Å². The zero-order valence-corrected chi connectivity index (χ0v) is 38.1. The number of hydrogen-bond acceptors (Lipinski definition) is 14. The van der Waals surface area contributed by atoms with Crippen molar-refractivity contribution in [1.82, 2.24) is 20.7 Å².